The van der Waals surface area contributed by atoms with Crippen LogP contribution < -0.4 is 0 Å². The largest absolute Gasteiger partial charge is 0.0654 e. The number of hydrogen-bond donors (Lipinski definition) is 0. The highest BCUT2D eigenvalue weighted by Crippen LogP contribution is 2.46. The standard InChI is InChI=1S/C30H44/c1-2-3-4-5-6-7-8-9-10-13-20-27-21-16-17-24-29(27)30(25-18-12-19-26-30)28-22-14-11-15-23-28/h11,14-17,21-24H,2-10,12-13,18-20,25-26H2,1H3. The molecule has 0 bridgehead atoms. The summed E-state index contributed by atoms with van der Waals surface area (Å²) in [5.74, 6) is 0. The first-order valence-corrected chi connectivity index (χ1v) is 13.0. The van der Waals surface area contributed by atoms with Crippen LogP contribution in [-0.4, -0.2) is 0 Å². The van der Waals surface area contributed by atoms with E-state index in [4.69, 9.17) is 0 Å². The van der Waals surface area contributed by atoms with Gasteiger partial charge in [0.2, 0.25) is 0 Å². The minimum atomic E-state index is 0.245. The Morgan fingerprint density at radius 2 is 1.17 bits per heavy atom. The van der Waals surface area contributed by atoms with E-state index in [-0.39, 0.29) is 5.41 Å². The second-order valence-electron chi connectivity index (χ2n) is 9.60. The predicted octanol–water partition coefficient (Wildman–Crippen LogP) is 9.40. The van der Waals surface area contributed by atoms with Crippen LogP contribution in [-0.2, 0) is 11.8 Å². The van der Waals surface area contributed by atoms with Gasteiger partial charge in [-0.1, -0.05) is 139 Å². The SMILES string of the molecule is CCCCCCCCCCCCc1ccccc1C1(c2ccccc2)CCCCC1. The highest BCUT2D eigenvalue weighted by Gasteiger charge is 2.36. The molecule has 0 spiro atoms. The number of rotatable bonds is 13. The molecule has 0 unspecified atom stereocenters. The van der Waals surface area contributed by atoms with Crippen LogP contribution in [0.1, 0.15) is 120 Å². The van der Waals surface area contributed by atoms with Crippen LogP contribution in [0.2, 0.25) is 0 Å². The van der Waals surface area contributed by atoms with Crippen molar-refractivity contribution < 1.29 is 0 Å². The summed E-state index contributed by atoms with van der Waals surface area (Å²) >= 11 is 0. The van der Waals surface area contributed by atoms with Gasteiger partial charge in [-0.15, -0.1) is 0 Å². The zero-order chi connectivity index (χ0) is 20.9. The first kappa shape index (κ1) is 23.1. The minimum absolute atomic E-state index is 0.245. The van der Waals surface area contributed by atoms with Gasteiger partial charge >= 0.3 is 0 Å². The fraction of sp³-hybridized carbons (Fsp3) is 0.600. The molecule has 164 valence electrons. The van der Waals surface area contributed by atoms with E-state index in [1.165, 1.54) is 103 Å². The lowest BCUT2D eigenvalue weighted by molar-refractivity contribution is 0.343. The van der Waals surface area contributed by atoms with Gasteiger partial charge in [-0.05, 0) is 42.4 Å². The molecule has 1 aliphatic rings. The third-order valence-electron chi connectivity index (χ3n) is 7.37. The molecule has 0 amide bonds. The first-order valence-electron chi connectivity index (χ1n) is 13.0. The second kappa shape index (κ2) is 13.0. The van der Waals surface area contributed by atoms with Crippen molar-refractivity contribution in [3.8, 4) is 0 Å². The summed E-state index contributed by atoms with van der Waals surface area (Å²) in [5, 5.41) is 0. The van der Waals surface area contributed by atoms with Crippen molar-refractivity contribution in [3.63, 3.8) is 0 Å². The normalized spacial score (nSPS) is 15.9. The zero-order valence-corrected chi connectivity index (χ0v) is 19.5. The fourth-order valence-electron chi connectivity index (χ4n) is 5.63. The average Bonchev–Trinajstić information content (AvgIpc) is 2.81. The Bertz CT molecular complexity index is 693. The maximum Gasteiger partial charge on any atom is 0.0205 e. The van der Waals surface area contributed by atoms with E-state index in [1.807, 2.05) is 0 Å². The van der Waals surface area contributed by atoms with Crippen LogP contribution in [0.5, 0.6) is 0 Å². The highest BCUT2D eigenvalue weighted by molar-refractivity contribution is 5.44. The van der Waals surface area contributed by atoms with E-state index in [9.17, 15) is 0 Å². The Balaban J connectivity index is 1.55. The van der Waals surface area contributed by atoms with Gasteiger partial charge < -0.3 is 0 Å². The second-order valence-corrected chi connectivity index (χ2v) is 9.60. The molecule has 2 aromatic rings. The first-order chi connectivity index (χ1) is 14.9. The van der Waals surface area contributed by atoms with E-state index in [2.05, 4.69) is 61.5 Å². The Hall–Kier alpha value is -1.56. The van der Waals surface area contributed by atoms with Gasteiger partial charge in [-0.2, -0.15) is 0 Å². The average molecular weight is 405 g/mol. The Kier molecular flexibility index (Phi) is 10.0. The number of benzene rings is 2. The van der Waals surface area contributed by atoms with E-state index >= 15 is 0 Å². The van der Waals surface area contributed by atoms with Gasteiger partial charge in [0.05, 0.1) is 0 Å². The van der Waals surface area contributed by atoms with Crippen LogP contribution in [0.3, 0.4) is 0 Å². The van der Waals surface area contributed by atoms with Crippen LogP contribution in [0.25, 0.3) is 0 Å². The summed E-state index contributed by atoms with van der Waals surface area (Å²) in [7, 11) is 0. The van der Waals surface area contributed by atoms with Crippen LogP contribution in [0, 0.1) is 0 Å². The third kappa shape index (κ3) is 6.47. The van der Waals surface area contributed by atoms with Crippen molar-refractivity contribution in [1.82, 2.24) is 0 Å². The fourth-order valence-corrected chi connectivity index (χ4v) is 5.63. The maximum atomic E-state index is 2.45. The zero-order valence-electron chi connectivity index (χ0n) is 19.5. The third-order valence-corrected chi connectivity index (χ3v) is 7.37. The summed E-state index contributed by atoms with van der Waals surface area (Å²) in [4.78, 5) is 0. The van der Waals surface area contributed by atoms with E-state index in [0.717, 1.165) is 0 Å². The molecule has 0 aromatic heterocycles. The maximum absolute atomic E-state index is 2.45. The number of unbranched alkanes of at least 4 members (excludes halogenated alkanes) is 9. The van der Waals surface area contributed by atoms with Crippen LogP contribution in [0.15, 0.2) is 54.6 Å². The molecule has 1 saturated carbocycles. The van der Waals surface area contributed by atoms with Gasteiger partial charge in [0.25, 0.3) is 0 Å². The molecule has 0 heterocycles. The number of hydrogen-bond acceptors (Lipinski definition) is 0. The van der Waals surface area contributed by atoms with Gasteiger partial charge in [0, 0.05) is 5.41 Å². The summed E-state index contributed by atoms with van der Waals surface area (Å²) in [6, 6.07) is 20.8. The molecule has 1 fully saturated rings. The van der Waals surface area contributed by atoms with E-state index in [1.54, 1.807) is 16.7 Å². The molecule has 0 N–H and O–H groups in total. The van der Waals surface area contributed by atoms with Gasteiger partial charge in [-0.3, -0.25) is 0 Å². The van der Waals surface area contributed by atoms with Gasteiger partial charge in [0.1, 0.15) is 0 Å². The summed E-state index contributed by atoms with van der Waals surface area (Å²) in [5.41, 5.74) is 5.03. The van der Waals surface area contributed by atoms with Crippen LogP contribution >= 0.6 is 0 Å². The van der Waals surface area contributed by atoms with Crippen molar-refractivity contribution in [1.29, 1.82) is 0 Å². The highest BCUT2D eigenvalue weighted by atomic mass is 14.4. The van der Waals surface area contributed by atoms with Crippen molar-refractivity contribution in [3.05, 3.63) is 71.3 Å². The lowest BCUT2D eigenvalue weighted by Gasteiger charge is -2.40. The predicted molar refractivity (Wildman–Crippen MR) is 132 cm³/mol. The molecule has 3 rings (SSSR count). The molecule has 1 aliphatic carbocycles. The molecule has 30 heavy (non-hydrogen) atoms. The molecular formula is C30H44. The monoisotopic (exact) mass is 404 g/mol. The number of aryl methyl sites for hydroxylation is 1. The Morgan fingerprint density at radius 3 is 1.83 bits per heavy atom. The molecular weight excluding hydrogens is 360 g/mol. The van der Waals surface area contributed by atoms with Crippen molar-refractivity contribution in [2.75, 3.05) is 0 Å². The molecule has 0 atom stereocenters. The Morgan fingerprint density at radius 1 is 0.600 bits per heavy atom. The van der Waals surface area contributed by atoms with Crippen LogP contribution in [0.4, 0.5) is 0 Å². The van der Waals surface area contributed by atoms with E-state index < -0.39 is 0 Å². The lowest BCUT2D eigenvalue weighted by atomic mass is 9.64. The smallest absolute Gasteiger partial charge is 0.0205 e. The topological polar surface area (TPSA) is 0 Å². The summed E-state index contributed by atoms with van der Waals surface area (Å²) in [6.07, 6.45) is 22.1. The summed E-state index contributed by atoms with van der Waals surface area (Å²) in [6.45, 7) is 2.30. The molecule has 0 radical (unpaired) electrons. The van der Waals surface area contributed by atoms with Gasteiger partial charge in [-0.25, -0.2) is 0 Å². The van der Waals surface area contributed by atoms with Crippen molar-refractivity contribution >= 4 is 0 Å². The minimum Gasteiger partial charge on any atom is -0.0654 e. The summed E-state index contributed by atoms with van der Waals surface area (Å²) < 4.78 is 0. The molecule has 2 aromatic carbocycles. The van der Waals surface area contributed by atoms with Gasteiger partial charge in [0.15, 0.2) is 0 Å². The molecule has 0 nitrogen and oxygen atoms in total. The molecule has 0 heteroatoms. The van der Waals surface area contributed by atoms with Crippen molar-refractivity contribution in [2.24, 2.45) is 0 Å². The van der Waals surface area contributed by atoms with Crippen molar-refractivity contribution in [2.45, 2.75) is 115 Å². The quantitative estimate of drug-likeness (QED) is 0.292. The Labute approximate surface area is 186 Å². The lowest BCUT2D eigenvalue weighted by Crippen LogP contribution is -2.31. The molecule has 0 saturated heterocycles. The molecule has 0 aliphatic heterocycles. The van der Waals surface area contributed by atoms with E-state index in [0.29, 0.717) is 0 Å².